The average Bonchev–Trinajstić information content (AvgIpc) is 2.63. The number of nitrogens with zero attached hydrogens (tertiary/aromatic N) is 2. The molecule has 2 aromatic rings. The first-order chi connectivity index (χ1) is 7.59. The van der Waals surface area contributed by atoms with Crippen LogP contribution in [-0.4, -0.2) is 14.7 Å². The van der Waals surface area contributed by atoms with E-state index in [0.717, 1.165) is 21.5 Å². The van der Waals surface area contributed by atoms with Crippen molar-refractivity contribution in [1.82, 2.24) is 9.55 Å². The maximum Gasteiger partial charge on any atom is 0.110 e. The van der Waals surface area contributed by atoms with Crippen LogP contribution in [0.4, 0.5) is 0 Å². The third-order valence-corrected chi connectivity index (χ3v) is 3.22. The molecule has 16 heavy (non-hydrogen) atoms. The highest BCUT2D eigenvalue weighted by molar-refractivity contribution is 9.10. The monoisotopic (exact) mass is 280 g/mol. The second-order valence-corrected chi connectivity index (χ2v) is 4.58. The number of aryl methyl sites for hydroxylation is 1. The number of hydrogen-bond donors (Lipinski definition) is 1. The van der Waals surface area contributed by atoms with Crippen LogP contribution in [0.25, 0.3) is 5.69 Å². The first kappa shape index (κ1) is 11.4. The van der Waals surface area contributed by atoms with Crippen molar-refractivity contribution in [3.05, 3.63) is 46.5 Å². The van der Waals surface area contributed by atoms with Gasteiger partial charge in [-0.3, -0.25) is 0 Å². The van der Waals surface area contributed by atoms with Crippen LogP contribution in [-0.2, 0) is 0 Å². The lowest BCUT2D eigenvalue weighted by Gasteiger charge is -2.11. The summed E-state index contributed by atoms with van der Waals surface area (Å²) in [4.78, 5) is 4.18. The highest BCUT2D eigenvalue weighted by Gasteiger charge is 2.08. The first-order valence-corrected chi connectivity index (χ1v) is 5.86. The maximum absolute atomic E-state index is 9.53. The largest absolute Gasteiger partial charge is 0.389 e. The molecule has 3 nitrogen and oxygen atoms in total. The van der Waals surface area contributed by atoms with E-state index in [1.54, 1.807) is 13.1 Å². The van der Waals surface area contributed by atoms with Crippen molar-refractivity contribution in [2.24, 2.45) is 0 Å². The Morgan fingerprint density at radius 3 is 2.69 bits per heavy atom. The fourth-order valence-corrected chi connectivity index (χ4v) is 2.35. The van der Waals surface area contributed by atoms with E-state index in [1.165, 1.54) is 0 Å². The van der Waals surface area contributed by atoms with E-state index in [9.17, 15) is 5.11 Å². The standard InChI is InChI=1S/C12H13BrN2O/c1-8(16)11-4-3-10(7-12(11)13)15-6-5-14-9(15)2/h3-8,16H,1-2H3/t8-/m1/s1. The van der Waals surface area contributed by atoms with Crippen molar-refractivity contribution in [3.8, 4) is 5.69 Å². The Morgan fingerprint density at radius 1 is 1.44 bits per heavy atom. The molecule has 0 bridgehead atoms. The number of halogens is 1. The Kier molecular flexibility index (Phi) is 3.12. The van der Waals surface area contributed by atoms with Crippen molar-refractivity contribution in [2.75, 3.05) is 0 Å². The number of aliphatic hydroxyl groups excluding tert-OH is 1. The van der Waals surface area contributed by atoms with Crippen LogP contribution >= 0.6 is 15.9 Å². The lowest BCUT2D eigenvalue weighted by atomic mass is 10.1. The molecule has 1 aromatic carbocycles. The van der Waals surface area contributed by atoms with E-state index in [0.29, 0.717) is 0 Å². The number of imidazole rings is 1. The lowest BCUT2D eigenvalue weighted by Crippen LogP contribution is -1.98. The second kappa shape index (κ2) is 4.39. The number of hydrogen-bond acceptors (Lipinski definition) is 2. The third kappa shape index (κ3) is 2.03. The molecule has 1 heterocycles. The fraction of sp³-hybridized carbons (Fsp3) is 0.250. The van der Waals surface area contributed by atoms with Gasteiger partial charge in [-0.25, -0.2) is 4.98 Å². The van der Waals surface area contributed by atoms with Gasteiger partial charge in [0.05, 0.1) is 6.10 Å². The molecule has 0 spiro atoms. The van der Waals surface area contributed by atoms with Gasteiger partial charge >= 0.3 is 0 Å². The lowest BCUT2D eigenvalue weighted by molar-refractivity contribution is 0.198. The summed E-state index contributed by atoms with van der Waals surface area (Å²) in [7, 11) is 0. The van der Waals surface area contributed by atoms with Crippen LogP contribution in [0.2, 0.25) is 0 Å². The van der Waals surface area contributed by atoms with Gasteiger partial charge in [-0.15, -0.1) is 0 Å². The number of rotatable bonds is 2. The van der Waals surface area contributed by atoms with Crippen LogP contribution < -0.4 is 0 Å². The van der Waals surface area contributed by atoms with E-state index in [4.69, 9.17) is 0 Å². The summed E-state index contributed by atoms with van der Waals surface area (Å²) in [6, 6.07) is 5.88. The Morgan fingerprint density at radius 2 is 2.19 bits per heavy atom. The summed E-state index contributed by atoms with van der Waals surface area (Å²) >= 11 is 3.46. The van der Waals surface area contributed by atoms with Crippen LogP contribution in [0.15, 0.2) is 35.1 Å². The Balaban J connectivity index is 2.46. The molecular weight excluding hydrogens is 268 g/mol. The molecular formula is C12H13BrN2O. The van der Waals surface area contributed by atoms with Crippen LogP contribution in [0.1, 0.15) is 24.4 Å². The predicted molar refractivity (Wildman–Crippen MR) is 66.6 cm³/mol. The van der Waals surface area contributed by atoms with E-state index >= 15 is 0 Å². The molecule has 0 aliphatic heterocycles. The van der Waals surface area contributed by atoms with Crippen molar-refractivity contribution >= 4 is 15.9 Å². The molecule has 0 saturated carbocycles. The summed E-state index contributed by atoms with van der Waals surface area (Å²) in [6.45, 7) is 3.71. The van der Waals surface area contributed by atoms with E-state index in [1.807, 2.05) is 35.9 Å². The summed E-state index contributed by atoms with van der Waals surface area (Å²) in [5.41, 5.74) is 1.92. The second-order valence-electron chi connectivity index (χ2n) is 3.73. The smallest absolute Gasteiger partial charge is 0.110 e. The van der Waals surface area contributed by atoms with Gasteiger partial charge in [0.2, 0.25) is 0 Å². The molecule has 0 unspecified atom stereocenters. The van der Waals surface area contributed by atoms with Crippen LogP contribution in [0.5, 0.6) is 0 Å². The molecule has 0 radical (unpaired) electrons. The molecule has 1 atom stereocenters. The minimum Gasteiger partial charge on any atom is -0.389 e. The van der Waals surface area contributed by atoms with Crippen molar-refractivity contribution in [2.45, 2.75) is 20.0 Å². The van der Waals surface area contributed by atoms with Gasteiger partial charge in [-0.1, -0.05) is 22.0 Å². The van der Waals surface area contributed by atoms with Crippen molar-refractivity contribution in [3.63, 3.8) is 0 Å². The zero-order chi connectivity index (χ0) is 11.7. The highest BCUT2D eigenvalue weighted by Crippen LogP contribution is 2.26. The van der Waals surface area contributed by atoms with Gasteiger partial charge in [0.15, 0.2) is 0 Å². The summed E-state index contributed by atoms with van der Waals surface area (Å²) in [6.07, 6.45) is 3.22. The molecule has 1 N–H and O–H groups in total. The molecule has 0 aliphatic rings. The highest BCUT2D eigenvalue weighted by atomic mass is 79.9. The Bertz CT molecular complexity index is 505. The molecule has 2 rings (SSSR count). The van der Waals surface area contributed by atoms with Crippen LogP contribution in [0, 0.1) is 6.92 Å². The number of aliphatic hydroxyl groups is 1. The van der Waals surface area contributed by atoms with Gasteiger partial charge in [-0.05, 0) is 31.5 Å². The molecule has 0 fully saturated rings. The minimum atomic E-state index is -0.465. The van der Waals surface area contributed by atoms with Gasteiger partial charge < -0.3 is 9.67 Å². The summed E-state index contributed by atoms with van der Waals surface area (Å²) in [5.74, 6) is 0.941. The van der Waals surface area contributed by atoms with Crippen molar-refractivity contribution in [1.29, 1.82) is 0 Å². The van der Waals surface area contributed by atoms with Gasteiger partial charge in [0.1, 0.15) is 5.82 Å². The Hall–Kier alpha value is -1.13. The van der Waals surface area contributed by atoms with Crippen molar-refractivity contribution < 1.29 is 5.11 Å². The fourth-order valence-electron chi connectivity index (χ4n) is 1.66. The Labute approximate surface area is 103 Å². The maximum atomic E-state index is 9.53. The minimum absolute atomic E-state index is 0.465. The van der Waals surface area contributed by atoms with Gasteiger partial charge in [0, 0.05) is 22.6 Å². The number of aromatic nitrogens is 2. The molecule has 0 aliphatic carbocycles. The number of benzene rings is 1. The van der Waals surface area contributed by atoms with E-state index < -0.39 is 6.10 Å². The van der Waals surface area contributed by atoms with Gasteiger partial charge in [-0.2, -0.15) is 0 Å². The average molecular weight is 281 g/mol. The van der Waals surface area contributed by atoms with E-state index in [-0.39, 0.29) is 0 Å². The normalized spacial score (nSPS) is 12.8. The van der Waals surface area contributed by atoms with Crippen LogP contribution in [0.3, 0.4) is 0 Å². The molecule has 84 valence electrons. The SMILES string of the molecule is Cc1nccn1-c1ccc([C@@H](C)O)c(Br)c1. The topological polar surface area (TPSA) is 38.0 Å². The van der Waals surface area contributed by atoms with E-state index in [2.05, 4.69) is 20.9 Å². The predicted octanol–water partition coefficient (Wildman–Crippen LogP) is 3.00. The van der Waals surface area contributed by atoms with Gasteiger partial charge in [0.25, 0.3) is 0 Å². The molecule has 0 amide bonds. The molecule has 4 heteroatoms. The first-order valence-electron chi connectivity index (χ1n) is 5.07. The summed E-state index contributed by atoms with van der Waals surface area (Å²) in [5, 5.41) is 9.53. The molecule has 0 saturated heterocycles. The zero-order valence-corrected chi connectivity index (χ0v) is 10.8. The molecule has 1 aromatic heterocycles. The quantitative estimate of drug-likeness (QED) is 0.919. The zero-order valence-electron chi connectivity index (χ0n) is 9.18. The third-order valence-electron chi connectivity index (χ3n) is 2.54. The summed E-state index contributed by atoms with van der Waals surface area (Å²) < 4.78 is 2.91.